The first kappa shape index (κ1) is 26.1. The number of hydrogen-bond acceptors (Lipinski definition) is 8. The lowest BCUT2D eigenvalue weighted by Crippen LogP contribution is -2.37. The molecule has 2 aliphatic rings. The molecule has 10 nitrogen and oxygen atoms in total. The molecule has 35 heavy (non-hydrogen) atoms. The highest BCUT2D eigenvalue weighted by molar-refractivity contribution is 5.99. The second kappa shape index (κ2) is 11.3. The highest BCUT2D eigenvalue weighted by Crippen LogP contribution is 2.40. The lowest BCUT2D eigenvalue weighted by Gasteiger charge is -2.33. The molecular formula is C25H36N6O4. The summed E-state index contributed by atoms with van der Waals surface area (Å²) in [7, 11) is 1.66. The molecule has 0 unspecified atom stereocenters. The fourth-order valence-corrected chi connectivity index (χ4v) is 3.78. The van der Waals surface area contributed by atoms with Crippen molar-refractivity contribution < 1.29 is 19.0 Å². The van der Waals surface area contributed by atoms with Gasteiger partial charge in [-0.3, -0.25) is 10.2 Å². The van der Waals surface area contributed by atoms with E-state index in [2.05, 4.69) is 47.9 Å². The lowest BCUT2D eigenvalue weighted by molar-refractivity contribution is 0.0991. The number of morpholine rings is 1. The Morgan fingerprint density at radius 2 is 2.00 bits per heavy atom. The van der Waals surface area contributed by atoms with Crippen LogP contribution in [0.1, 0.15) is 43.6 Å². The molecule has 0 aromatic heterocycles. The van der Waals surface area contributed by atoms with Gasteiger partial charge in [0.15, 0.2) is 5.78 Å². The summed E-state index contributed by atoms with van der Waals surface area (Å²) < 4.78 is 16.7. The van der Waals surface area contributed by atoms with Crippen molar-refractivity contribution in [2.45, 2.75) is 33.1 Å². The number of methoxy groups -OCH3 is 1. The van der Waals surface area contributed by atoms with Crippen LogP contribution in [0.4, 0.5) is 5.69 Å². The van der Waals surface area contributed by atoms with Crippen molar-refractivity contribution >= 4 is 23.3 Å². The van der Waals surface area contributed by atoms with Crippen molar-refractivity contribution in [3.63, 3.8) is 0 Å². The smallest absolute Gasteiger partial charge is 0.239 e. The molecule has 190 valence electrons. The molecule has 3 rings (SSSR count). The Bertz CT molecular complexity index is 1040. The van der Waals surface area contributed by atoms with E-state index in [1.165, 1.54) is 5.01 Å². The van der Waals surface area contributed by atoms with Crippen LogP contribution in [0, 0.1) is 0 Å². The van der Waals surface area contributed by atoms with E-state index < -0.39 is 0 Å². The van der Waals surface area contributed by atoms with Crippen molar-refractivity contribution in [2.24, 2.45) is 15.9 Å². The summed E-state index contributed by atoms with van der Waals surface area (Å²) in [4.78, 5) is 15.4. The molecule has 1 fully saturated rings. The number of Topliss-reactive ketones (excluding diaryl/α,β-unsaturated/α-hetero) is 1. The molecule has 1 aromatic carbocycles. The first-order valence-corrected chi connectivity index (χ1v) is 11.7. The van der Waals surface area contributed by atoms with E-state index >= 15 is 0 Å². The van der Waals surface area contributed by atoms with Crippen molar-refractivity contribution in [2.75, 3.05) is 51.5 Å². The van der Waals surface area contributed by atoms with Gasteiger partial charge in [-0.05, 0) is 30.5 Å². The third-order valence-electron chi connectivity index (χ3n) is 5.59. The maximum absolute atomic E-state index is 13.2. The monoisotopic (exact) mass is 484 g/mol. The van der Waals surface area contributed by atoms with Gasteiger partial charge < -0.3 is 24.8 Å². The summed E-state index contributed by atoms with van der Waals surface area (Å²) in [6.45, 7) is 15.2. The van der Waals surface area contributed by atoms with Crippen LogP contribution < -0.4 is 20.8 Å². The van der Waals surface area contributed by atoms with Gasteiger partial charge in [-0.25, -0.2) is 0 Å². The Hall–Kier alpha value is -3.53. The number of nitrogens with one attached hydrogen (secondary N) is 1. The Morgan fingerprint density at radius 1 is 1.29 bits per heavy atom. The van der Waals surface area contributed by atoms with Crippen LogP contribution in [0.15, 0.2) is 46.8 Å². The second-order valence-electron chi connectivity index (χ2n) is 9.16. The number of hydrazone groups is 2. The quantitative estimate of drug-likeness (QED) is 0.263. The summed E-state index contributed by atoms with van der Waals surface area (Å²) in [5, 5.41) is 9.73. The van der Waals surface area contributed by atoms with E-state index in [-0.39, 0.29) is 23.7 Å². The topological polar surface area (TPSA) is 114 Å². The molecule has 2 aliphatic heterocycles. The van der Waals surface area contributed by atoms with Crippen LogP contribution in [0.2, 0.25) is 0 Å². The number of carbonyl (C=O) groups excluding carboxylic acids is 1. The van der Waals surface area contributed by atoms with Gasteiger partial charge in [-0.2, -0.15) is 5.01 Å². The molecule has 10 heteroatoms. The van der Waals surface area contributed by atoms with Crippen LogP contribution in [-0.4, -0.2) is 69.2 Å². The standard InChI is InChI=1S/C25H36N6O4/c1-7-35-22-9-8-17(2)31(29-22)24(26)28-27-16-21(32)18-14-19(25(3,4)5)23(33-6)20(15-18)30-10-12-34-13-11-30/h8-9,14-15,27H,2,7,10-13,16H2,1,3-6H3,(H2,26,28). The molecule has 0 saturated carbocycles. The zero-order chi connectivity index (χ0) is 25.6. The normalized spacial score (nSPS) is 16.8. The van der Waals surface area contributed by atoms with Crippen molar-refractivity contribution in [3.8, 4) is 5.75 Å². The molecule has 0 aliphatic carbocycles. The van der Waals surface area contributed by atoms with Crippen LogP contribution in [0.5, 0.6) is 5.75 Å². The molecule has 1 saturated heterocycles. The van der Waals surface area contributed by atoms with Crippen LogP contribution in [0.3, 0.4) is 0 Å². The van der Waals surface area contributed by atoms with Gasteiger partial charge in [0.2, 0.25) is 11.9 Å². The Labute approximate surface area is 207 Å². The molecule has 1 aromatic rings. The minimum atomic E-state index is -0.225. The van der Waals surface area contributed by atoms with E-state index in [9.17, 15) is 4.79 Å². The largest absolute Gasteiger partial charge is 0.494 e. The molecule has 0 amide bonds. The third-order valence-corrected chi connectivity index (χ3v) is 5.59. The van der Waals surface area contributed by atoms with E-state index in [1.54, 1.807) is 19.3 Å². The number of nitrogens with zero attached hydrogens (tertiary/aromatic N) is 4. The third kappa shape index (κ3) is 6.33. The van der Waals surface area contributed by atoms with Crippen LogP contribution in [0.25, 0.3) is 0 Å². The van der Waals surface area contributed by atoms with Crippen LogP contribution in [-0.2, 0) is 14.9 Å². The van der Waals surface area contributed by atoms with Crippen molar-refractivity contribution in [3.05, 3.63) is 47.7 Å². The number of rotatable bonds is 7. The minimum absolute atomic E-state index is 0.0443. The Kier molecular flexibility index (Phi) is 8.39. The summed E-state index contributed by atoms with van der Waals surface area (Å²) in [5.41, 5.74) is 11.6. The predicted octanol–water partition coefficient (Wildman–Crippen LogP) is 2.57. The average molecular weight is 485 g/mol. The number of ketones is 1. The minimum Gasteiger partial charge on any atom is -0.494 e. The molecule has 3 N–H and O–H groups in total. The second-order valence-corrected chi connectivity index (χ2v) is 9.16. The average Bonchev–Trinajstić information content (AvgIpc) is 2.84. The lowest BCUT2D eigenvalue weighted by atomic mass is 9.84. The number of benzene rings is 1. The number of guanidine groups is 1. The SMILES string of the molecule is C=C1C=CC(OCC)=NN1/C(N)=N\NCC(=O)c1cc(N2CCOCC2)c(OC)c(C(C)(C)C)c1. The zero-order valence-electron chi connectivity index (χ0n) is 21.3. The van der Waals surface area contributed by atoms with Gasteiger partial charge in [0.25, 0.3) is 0 Å². The first-order valence-electron chi connectivity index (χ1n) is 11.7. The van der Waals surface area contributed by atoms with Gasteiger partial charge in [0.05, 0.1) is 44.9 Å². The molecule has 0 radical (unpaired) electrons. The molecule has 0 bridgehead atoms. The van der Waals surface area contributed by atoms with Gasteiger partial charge in [-0.15, -0.1) is 10.2 Å². The summed E-state index contributed by atoms with van der Waals surface area (Å²) >= 11 is 0. The van der Waals surface area contributed by atoms with Crippen molar-refractivity contribution in [1.29, 1.82) is 0 Å². The van der Waals surface area contributed by atoms with Crippen molar-refractivity contribution in [1.82, 2.24) is 10.4 Å². The fraction of sp³-hybridized carbons (Fsp3) is 0.480. The van der Waals surface area contributed by atoms with E-state index in [4.69, 9.17) is 19.9 Å². The highest BCUT2D eigenvalue weighted by Gasteiger charge is 2.27. The predicted molar refractivity (Wildman–Crippen MR) is 138 cm³/mol. The summed E-state index contributed by atoms with van der Waals surface area (Å²) in [6, 6.07) is 3.78. The highest BCUT2D eigenvalue weighted by atomic mass is 16.5. The maximum Gasteiger partial charge on any atom is 0.239 e. The van der Waals surface area contributed by atoms with E-state index in [1.807, 2.05) is 19.1 Å². The van der Waals surface area contributed by atoms with Crippen LogP contribution >= 0.6 is 0 Å². The Balaban J connectivity index is 1.81. The Morgan fingerprint density at radius 3 is 2.63 bits per heavy atom. The van der Waals surface area contributed by atoms with Gasteiger partial charge in [-0.1, -0.05) is 27.4 Å². The number of allylic oxidation sites excluding steroid dienone is 1. The van der Waals surface area contributed by atoms with Gasteiger partial charge in [0.1, 0.15) is 5.75 Å². The zero-order valence-corrected chi connectivity index (χ0v) is 21.3. The number of carbonyl (C=O) groups is 1. The number of ether oxygens (including phenoxy) is 3. The number of nitrogens with two attached hydrogens (primary N) is 1. The molecule has 2 heterocycles. The molecular weight excluding hydrogens is 448 g/mol. The van der Waals surface area contributed by atoms with E-state index in [0.29, 0.717) is 37.0 Å². The summed E-state index contributed by atoms with van der Waals surface area (Å²) in [6.07, 6.45) is 3.43. The van der Waals surface area contributed by atoms with Gasteiger partial charge in [0, 0.05) is 30.3 Å². The number of anilines is 1. The summed E-state index contributed by atoms with van der Waals surface area (Å²) in [5.74, 6) is 1.10. The van der Waals surface area contributed by atoms with E-state index in [0.717, 1.165) is 30.1 Å². The molecule has 0 spiro atoms. The fourth-order valence-electron chi connectivity index (χ4n) is 3.78. The number of hydrogen-bond donors (Lipinski definition) is 2. The molecule has 0 atom stereocenters. The van der Waals surface area contributed by atoms with Gasteiger partial charge >= 0.3 is 0 Å². The first-order chi connectivity index (χ1) is 16.7. The maximum atomic E-state index is 13.2.